The minimum Gasteiger partial charge on any atom is -0.497 e. The lowest BCUT2D eigenvalue weighted by atomic mass is 10.0. The van der Waals surface area contributed by atoms with Crippen LogP contribution < -0.4 is 19.7 Å². The molecule has 0 aliphatic carbocycles. The minimum atomic E-state index is -0.597. The summed E-state index contributed by atoms with van der Waals surface area (Å²) in [6, 6.07) is 16.9. The molecule has 3 aromatic carbocycles. The molecule has 3 aromatic rings. The number of hydrogen-bond donors (Lipinski definition) is 1. The monoisotopic (exact) mass is 452 g/mol. The second kappa shape index (κ2) is 8.72. The first-order chi connectivity index (χ1) is 15.4. The van der Waals surface area contributed by atoms with Crippen LogP contribution in [0.4, 0.5) is 15.8 Å². The molecule has 1 heterocycles. The van der Waals surface area contributed by atoms with E-state index in [-0.39, 0.29) is 22.0 Å². The van der Waals surface area contributed by atoms with Crippen LogP contribution in [0.15, 0.2) is 72.4 Å². The molecule has 4 rings (SSSR count). The number of hydrogen-bond acceptors (Lipinski definition) is 5. The van der Waals surface area contributed by atoms with Crippen LogP contribution in [0, 0.1) is 5.82 Å². The number of halogens is 2. The molecule has 0 radical (unpaired) electrons. The van der Waals surface area contributed by atoms with Gasteiger partial charge in [-0.1, -0.05) is 35.9 Å². The van der Waals surface area contributed by atoms with E-state index in [0.717, 1.165) is 4.90 Å². The number of anilines is 2. The number of benzene rings is 3. The Morgan fingerprint density at radius 1 is 0.906 bits per heavy atom. The first kappa shape index (κ1) is 21.4. The number of ether oxygens (including phenoxy) is 2. The maximum absolute atomic E-state index is 13.5. The molecule has 32 heavy (non-hydrogen) atoms. The highest BCUT2D eigenvalue weighted by molar-refractivity contribution is 6.48. The van der Waals surface area contributed by atoms with E-state index in [1.165, 1.54) is 38.5 Å². The molecule has 0 spiro atoms. The van der Waals surface area contributed by atoms with Crippen molar-refractivity contribution in [1.29, 1.82) is 0 Å². The van der Waals surface area contributed by atoms with Crippen molar-refractivity contribution in [3.8, 4) is 11.5 Å². The van der Waals surface area contributed by atoms with Crippen molar-refractivity contribution >= 4 is 40.4 Å². The SMILES string of the molecule is COc1ccc(NC2=C(c3ccc(F)cc3)C(=O)N(c3ccccc3Cl)C2=O)c(OC)c1. The van der Waals surface area contributed by atoms with Gasteiger partial charge >= 0.3 is 0 Å². The summed E-state index contributed by atoms with van der Waals surface area (Å²) in [6.45, 7) is 0. The molecule has 1 aliphatic rings. The van der Waals surface area contributed by atoms with Crippen LogP contribution in [-0.4, -0.2) is 26.0 Å². The number of carbonyl (C=O) groups excluding carboxylic acids is 2. The van der Waals surface area contributed by atoms with Crippen molar-refractivity contribution in [2.75, 3.05) is 24.4 Å². The molecule has 0 bridgehead atoms. The number of methoxy groups -OCH3 is 2. The van der Waals surface area contributed by atoms with E-state index in [4.69, 9.17) is 21.1 Å². The third-order valence-electron chi connectivity index (χ3n) is 4.98. The van der Waals surface area contributed by atoms with Crippen molar-refractivity contribution < 1.29 is 23.5 Å². The number of nitrogens with one attached hydrogen (secondary N) is 1. The van der Waals surface area contributed by atoms with Crippen LogP contribution >= 0.6 is 11.6 Å². The molecule has 6 nitrogen and oxygen atoms in total. The lowest BCUT2D eigenvalue weighted by Gasteiger charge is -2.17. The number of rotatable bonds is 6. The molecule has 1 N–H and O–H groups in total. The lowest BCUT2D eigenvalue weighted by Crippen LogP contribution is -2.32. The Kier molecular flexibility index (Phi) is 5.83. The third kappa shape index (κ3) is 3.78. The summed E-state index contributed by atoms with van der Waals surface area (Å²) < 4.78 is 24.1. The zero-order valence-corrected chi connectivity index (χ0v) is 17.9. The molecule has 0 unspecified atom stereocenters. The van der Waals surface area contributed by atoms with Gasteiger partial charge in [-0.2, -0.15) is 0 Å². The normalized spacial score (nSPS) is 13.6. The molecular formula is C24H18ClFN2O4. The average molecular weight is 453 g/mol. The van der Waals surface area contributed by atoms with Gasteiger partial charge < -0.3 is 14.8 Å². The van der Waals surface area contributed by atoms with Gasteiger partial charge in [0.25, 0.3) is 11.8 Å². The van der Waals surface area contributed by atoms with E-state index in [1.54, 1.807) is 42.5 Å². The van der Waals surface area contributed by atoms with Gasteiger partial charge in [0, 0.05) is 6.07 Å². The standard InChI is InChI=1S/C24H18ClFN2O4/c1-31-16-11-12-18(20(13-16)32-2)27-22-21(14-7-9-15(26)10-8-14)23(29)28(24(22)30)19-6-4-3-5-17(19)25/h3-13,27H,1-2H3. The van der Waals surface area contributed by atoms with Crippen LogP contribution in [0.5, 0.6) is 11.5 Å². The van der Waals surface area contributed by atoms with Crippen molar-refractivity contribution in [1.82, 2.24) is 0 Å². The summed E-state index contributed by atoms with van der Waals surface area (Å²) in [5, 5.41) is 3.27. The van der Waals surface area contributed by atoms with Crippen LogP contribution in [0.1, 0.15) is 5.56 Å². The number of amides is 2. The first-order valence-electron chi connectivity index (χ1n) is 9.57. The second-order valence-corrected chi connectivity index (χ2v) is 7.25. The fourth-order valence-corrected chi connectivity index (χ4v) is 3.64. The van der Waals surface area contributed by atoms with Crippen molar-refractivity contribution in [3.63, 3.8) is 0 Å². The van der Waals surface area contributed by atoms with Crippen LogP contribution in [0.2, 0.25) is 5.02 Å². The summed E-state index contributed by atoms with van der Waals surface area (Å²) in [6.07, 6.45) is 0. The smallest absolute Gasteiger partial charge is 0.282 e. The van der Waals surface area contributed by atoms with E-state index < -0.39 is 17.6 Å². The molecule has 1 aliphatic heterocycles. The molecule has 0 aromatic heterocycles. The van der Waals surface area contributed by atoms with E-state index in [2.05, 4.69) is 5.32 Å². The van der Waals surface area contributed by atoms with Crippen LogP contribution in [0.3, 0.4) is 0 Å². The van der Waals surface area contributed by atoms with E-state index in [0.29, 0.717) is 22.7 Å². The van der Waals surface area contributed by atoms with Crippen LogP contribution in [-0.2, 0) is 9.59 Å². The Bertz CT molecular complexity index is 1240. The second-order valence-electron chi connectivity index (χ2n) is 6.85. The molecule has 162 valence electrons. The Hall–Kier alpha value is -3.84. The van der Waals surface area contributed by atoms with Gasteiger partial charge in [0.2, 0.25) is 0 Å². The van der Waals surface area contributed by atoms with Gasteiger partial charge in [-0.3, -0.25) is 9.59 Å². The van der Waals surface area contributed by atoms with Crippen molar-refractivity contribution in [3.05, 3.63) is 88.8 Å². The van der Waals surface area contributed by atoms with Gasteiger partial charge in [0.15, 0.2) is 0 Å². The molecule has 0 fully saturated rings. The number of para-hydroxylation sites is 1. The molecule has 2 amide bonds. The zero-order chi connectivity index (χ0) is 22.8. The Labute approximate surface area is 188 Å². The Balaban J connectivity index is 1.85. The fraction of sp³-hybridized carbons (Fsp3) is 0.0833. The molecule has 0 saturated carbocycles. The predicted molar refractivity (Wildman–Crippen MR) is 120 cm³/mol. The summed E-state index contributed by atoms with van der Waals surface area (Å²) in [7, 11) is 3.00. The molecule has 8 heteroatoms. The summed E-state index contributed by atoms with van der Waals surface area (Å²) in [4.78, 5) is 27.8. The summed E-state index contributed by atoms with van der Waals surface area (Å²) in [5.74, 6) is -0.663. The highest BCUT2D eigenvalue weighted by Crippen LogP contribution is 2.38. The maximum atomic E-state index is 13.5. The zero-order valence-electron chi connectivity index (χ0n) is 17.2. The van der Waals surface area contributed by atoms with Gasteiger partial charge in [0.1, 0.15) is 23.0 Å². The largest absolute Gasteiger partial charge is 0.497 e. The minimum absolute atomic E-state index is 0.0185. The van der Waals surface area contributed by atoms with E-state index in [9.17, 15) is 14.0 Å². The average Bonchev–Trinajstić information content (AvgIpc) is 3.04. The number of nitrogens with zero attached hydrogens (tertiary/aromatic N) is 1. The maximum Gasteiger partial charge on any atom is 0.282 e. The first-order valence-corrected chi connectivity index (χ1v) is 9.95. The molecule has 0 atom stereocenters. The highest BCUT2D eigenvalue weighted by atomic mass is 35.5. The van der Waals surface area contributed by atoms with Gasteiger partial charge in [0.05, 0.1) is 36.2 Å². The Morgan fingerprint density at radius 2 is 1.62 bits per heavy atom. The van der Waals surface area contributed by atoms with Crippen LogP contribution in [0.25, 0.3) is 5.57 Å². The Morgan fingerprint density at radius 3 is 2.28 bits per heavy atom. The van der Waals surface area contributed by atoms with E-state index >= 15 is 0 Å². The quantitative estimate of drug-likeness (QED) is 0.539. The number of imide groups is 1. The highest BCUT2D eigenvalue weighted by Gasteiger charge is 2.41. The predicted octanol–water partition coefficient (Wildman–Crippen LogP) is 4.89. The topological polar surface area (TPSA) is 67.9 Å². The number of carbonyl (C=O) groups is 2. The fourth-order valence-electron chi connectivity index (χ4n) is 3.42. The third-order valence-corrected chi connectivity index (χ3v) is 5.30. The lowest BCUT2D eigenvalue weighted by molar-refractivity contribution is -0.120. The summed E-state index contributed by atoms with van der Waals surface area (Å²) in [5.41, 5.74) is 1.19. The summed E-state index contributed by atoms with van der Waals surface area (Å²) >= 11 is 6.27. The molecular weight excluding hydrogens is 435 g/mol. The van der Waals surface area contributed by atoms with Gasteiger partial charge in [-0.25, -0.2) is 9.29 Å². The van der Waals surface area contributed by atoms with Crippen molar-refractivity contribution in [2.45, 2.75) is 0 Å². The van der Waals surface area contributed by atoms with Gasteiger partial charge in [-0.15, -0.1) is 0 Å². The van der Waals surface area contributed by atoms with Gasteiger partial charge in [-0.05, 0) is 42.0 Å². The van der Waals surface area contributed by atoms with Crippen molar-refractivity contribution in [2.24, 2.45) is 0 Å². The van der Waals surface area contributed by atoms with E-state index in [1.807, 2.05) is 0 Å². The molecule has 0 saturated heterocycles.